The highest BCUT2D eigenvalue weighted by Crippen LogP contribution is 2.38. The lowest BCUT2D eigenvalue weighted by molar-refractivity contribution is 0.0853. The molecule has 1 aliphatic heterocycles. The summed E-state index contributed by atoms with van der Waals surface area (Å²) in [7, 11) is 0. The average molecular weight is 273 g/mol. The molecule has 1 aromatic rings. The molecule has 0 aromatic heterocycles. The van der Waals surface area contributed by atoms with Crippen molar-refractivity contribution < 1.29 is 4.74 Å². The first-order valence-corrected chi connectivity index (χ1v) is 8.18. The number of nitrogens with one attached hydrogen (secondary N) is 1. The first kappa shape index (κ1) is 14.1. The summed E-state index contributed by atoms with van der Waals surface area (Å²) < 4.78 is 5.76. The molecule has 0 radical (unpaired) electrons. The van der Waals surface area contributed by atoms with E-state index in [2.05, 4.69) is 43.4 Å². The summed E-state index contributed by atoms with van der Waals surface area (Å²) in [6, 6.07) is 9.56. The fourth-order valence-electron chi connectivity index (χ4n) is 3.78. The van der Waals surface area contributed by atoms with Crippen LogP contribution >= 0.6 is 0 Å². The lowest BCUT2D eigenvalue weighted by atomic mass is 9.74. The zero-order valence-corrected chi connectivity index (χ0v) is 12.8. The van der Waals surface area contributed by atoms with Gasteiger partial charge in [-0.2, -0.15) is 0 Å². The van der Waals surface area contributed by atoms with E-state index in [1.807, 2.05) is 0 Å². The van der Waals surface area contributed by atoms with Gasteiger partial charge in [0, 0.05) is 19.2 Å². The van der Waals surface area contributed by atoms with E-state index in [4.69, 9.17) is 4.74 Å². The monoisotopic (exact) mass is 273 g/mol. The average Bonchev–Trinajstić information content (AvgIpc) is 2.86. The van der Waals surface area contributed by atoms with E-state index in [0.29, 0.717) is 6.10 Å². The molecule has 1 heterocycles. The quantitative estimate of drug-likeness (QED) is 0.884. The molecule has 2 heteroatoms. The second-order valence-electron chi connectivity index (χ2n) is 6.50. The van der Waals surface area contributed by atoms with E-state index in [-0.39, 0.29) is 0 Å². The molecule has 0 bridgehead atoms. The highest BCUT2D eigenvalue weighted by molar-refractivity contribution is 5.31. The van der Waals surface area contributed by atoms with E-state index in [1.165, 1.54) is 24.8 Å². The summed E-state index contributed by atoms with van der Waals surface area (Å²) in [5.74, 6) is 1.51. The number of benzene rings is 1. The van der Waals surface area contributed by atoms with Crippen molar-refractivity contribution in [3.8, 4) is 0 Å². The number of hydrogen-bond donors (Lipinski definition) is 1. The smallest absolute Gasteiger partial charge is 0.0613 e. The normalized spacial score (nSPS) is 33.1. The van der Waals surface area contributed by atoms with Crippen LogP contribution in [0.1, 0.15) is 49.7 Å². The molecule has 2 aliphatic rings. The minimum Gasteiger partial charge on any atom is -0.378 e. The van der Waals surface area contributed by atoms with Crippen LogP contribution in [-0.2, 0) is 4.74 Å². The predicted molar refractivity (Wildman–Crippen MR) is 83.1 cm³/mol. The van der Waals surface area contributed by atoms with Gasteiger partial charge < -0.3 is 10.1 Å². The van der Waals surface area contributed by atoms with Crippen molar-refractivity contribution in [2.75, 3.05) is 13.2 Å². The molecule has 110 valence electrons. The van der Waals surface area contributed by atoms with Gasteiger partial charge in [0.15, 0.2) is 0 Å². The van der Waals surface area contributed by atoms with Crippen molar-refractivity contribution >= 4 is 0 Å². The molecule has 1 saturated carbocycles. The fraction of sp³-hybridized carbons (Fsp3) is 0.667. The molecule has 3 rings (SSSR count). The third-order valence-corrected chi connectivity index (χ3v) is 5.18. The molecule has 2 unspecified atom stereocenters. The molecule has 1 aliphatic carbocycles. The van der Waals surface area contributed by atoms with E-state index in [1.54, 1.807) is 5.56 Å². The number of aryl methyl sites for hydroxylation is 1. The topological polar surface area (TPSA) is 21.3 Å². The number of hydrogen-bond acceptors (Lipinski definition) is 2. The lowest BCUT2D eigenvalue weighted by Gasteiger charge is -2.38. The highest BCUT2D eigenvalue weighted by atomic mass is 16.5. The Labute approximate surface area is 122 Å². The minimum atomic E-state index is 0.495. The summed E-state index contributed by atoms with van der Waals surface area (Å²) in [4.78, 5) is 0. The van der Waals surface area contributed by atoms with Gasteiger partial charge >= 0.3 is 0 Å². The van der Waals surface area contributed by atoms with Gasteiger partial charge in [0.25, 0.3) is 0 Å². The lowest BCUT2D eigenvalue weighted by Crippen LogP contribution is -2.43. The SMILES string of the molecule is CCC1OCCC1CNC1CC(c2ccccc2C)C1. The molecule has 2 fully saturated rings. The van der Waals surface area contributed by atoms with Gasteiger partial charge in [0.1, 0.15) is 0 Å². The maximum absolute atomic E-state index is 5.76. The Morgan fingerprint density at radius 1 is 1.25 bits per heavy atom. The Kier molecular flexibility index (Phi) is 4.42. The first-order valence-electron chi connectivity index (χ1n) is 8.18. The van der Waals surface area contributed by atoms with Crippen LogP contribution in [0.2, 0.25) is 0 Å². The fourth-order valence-corrected chi connectivity index (χ4v) is 3.78. The van der Waals surface area contributed by atoms with Crippen LogP contribution in [0.5, 0.6) is 0 Å². The third-order valence-electron chi connectivity index (χ3n) is 5.18. The van der Waals surface area contributed by atoms with Crippen molar-refractivity contribution in [1.82, 2.24) is 5.32 Å². The molecule has 20 heavy (non-hydrogen) atoms. The highest BCUT2D eigenvalue weighted by Gasteiger charge is 2.33. The van der Waals surface area contributed by atoms with Gasteiger partial charge in [-0.1, -0.05) is 31.2 Å². The molecular formula is C18H27NO. The Morgan fingerprint density at radius 2 is 2.05 bits per heavy atom. The van der Waals surface area contributed by atoms with Crippen LogP contribution in [0.25, 0.3) is 0 Å². The molecule has 2 nitrogen and oxygen atoms in total. The summed E-state index contributed by atoms with van der Waals surface area (Å²) in [6.07, 6.45) is 5.49. The van der Waals surface area contributed by atoms with Gasteiger partial charge in [-0.3, -0.25) is 0 Å². The van der Waals surface area contributed by atoms with E-state index in [0.717, 1.165) is 37.5 Å². The van der Waals surface area contributed by atoms with Crippen molar-refractivity contribution in [2.24, 2.45) is 5.92 Å². The first-order chi connectivity index (χ1) is 9.78. The molecule has 0 spiro atoms. The van der Waals surface area contributed by atoms with Crippen molar-refractivity contribution in [3.63, 3.8) is 0 Å². The van der Waals surface area contributed by atoms with E-state index in [9.17, 15) is 0 Å². The minimum absolute atomic E-state index is 0.495. The van der Waals surface area contributed by atoms with E-state index < -0.39 is 0 Å². The molecule has 1 aromatic carbocycles. The second kappa shape index (κ2) is 6.28. The molecule has 2 atom stereocenters. The summed E-state index contributed by atoms with van der Waals surface area (Å²) in [5, 5.41) is 3.76. The Morgan fingerprint density at radius 3 is 2.80 bits per heavy atom. The van der Waals surface area contributed by atoms with Crippen LogP contribution in [0.3, 0.4) is 0 Å². The maximum atomic E-state index is 5.76. The Bertz CT molecular complexity index is 439. The second-order valence-corrected chi connectivity index (χ2v) is 6.50. The zero-order chi connectivity index (χ0) is 13.9. The largest absolute Gasteiger partial charge is 0.378 e. The molecule has 1 N–H and O–H groups in total. The standard InChI is InChI=1S/C18H27NO/c1-3-18-14(8-9-20-18)12-19-16-10-15(11-16)17-7-5-4-6-13(17)2/h4-7,14-16,18-19H,3,8-12H2,1-2H3. The predicted octanol–water partition coefficient (Wildman–Crippen LogP) is 3.65. The van der Waals surface area contributed by atoms with Crippen LogP contribution in [0.4, 0.5) is 0 Å². The van der Waals surface area contributed by atoms with Crippen LogP contribution in [0, 0.1) is 12.8 Å². The third kappa shape index (κ3) is 2.91. The Hall–Kier alpha value is -0.860. The molecular weight excluding hydrogens is 246 g/mol. The van der Waals surface area contributed by atoms with Gasteiger partial charge in [-0.15, -0.1) is 0 Å². The van der Waals surface area contributed by atoms with Gasteiger partial charge in [-0.25, -0.2) is 0 Å². The number of rotatable bonds is 5. The van der Waals surface area contributed by atoms with Crippen molar-refractivity contribution in [2.45, 2.75) is 57.6 Å². The van der Waals surface area contributed by atoms with Crippen LogP contribution in [-0.4, -0.2) is 25.3 Å². The van der Waals surface area contributed by atoms with E-state index >= 15 is 0 Å². The summed E-state index contributed by atoms with van der Waals surface area (Å²) in [5.41, 5.74) is 3.01. The summed E-state index contributed by atoms with van der Waals surface area (Å²) in [6.45, 7) is 6.57. The number of ether oxygens (including phenoxy) is 1. The molecule has 1 saturated heterocycles. The zero-order valence-electron chi connectivity index (χ0n) is 12.8. The van der Waals surface area contributed by atoms with Crippen molar-refractivity contribution in [1.29, 1.82) is 0 Å². The van der Waals surface area contributed by atoms with Gasteiger partial charge in [0.05, 0.1) is 6.10 Å². The van der Waals surface area contributed by atoms with Crippen LogP contribution in [0.15, 0.2) is 24.3 Å². The summed E-state index contributed by atoms with van der Waals surface area (Å²) >= 11 is 0. The maximum Gasteiger partial charge on any atom is 0.0613 e. The van der Waals surface area contributed by atoms with Crippen LogP contribution < -0.4 is 5.32 Å². The van der Waals surface area contributed by atoms with Crippen molar-refractivity contribution in [3.05, 3.63) is 35.4 Å². The van der Waals surface area contributed by atoms with Gasteiger partial charge in [0.2, 0.25) is 0 Å². The Balaban J connectivity index is 1.44. The van der Waals surface area contributed by atoms with Gasteiger partial charge in [-0.05, 0) is 55.6 Å². The molecule has 0 amide bonds.